The molecular weight excluding hydrogens is 402 g/mol. The summed E-state index contributed by atoms with van der Waals surface area (Å²) in [7, 11) is 1.65. The molecule has 1 heterocycles. The Labute approximate surface area is 189 Å². The molecule has 5 nitrogen and oxygen atoms in total. The van der Waals surface area contributed by atoms with Crippen LogP contribution in [-0.4, -0.2) is 35.7 Å². The lowest BCUT2D eigenvalue weighted by molar-refractivity contribution is -0.145. The van der Waals surface area contributed by atoms with Gasteiger partial charge in [-0.05, 0) is 60.3 Å². The zero-order valence-electron chi connectivity index (χ0n) is 18.3. The number of hydrogen-bond acceptors (Lipinski definition) is 4. The maximum atomic E-state index is 12.0. The third-order valence-corrected chi connectivity index (χ3v) is 6.01. The van der Waals surface area contributed by atoms with Gasteiger partial charge in [-0.1, -0.05) is 61.0 Å². The highest BCUT2D eigenvalue weighted by Crippen LogP contribution is 2.36. The molecule has 5 heteroatoms. The molecule has 1 aliphatic heterocycles. The van der Waals surface area contributed by atoms with Gasteiger partial charge in [0.2, 0.25) is 0 Å². The number of ether oxygens (including phenoxy) is 2. The van der Waals surface area contributed by atoms with E-state index in [0.29, 0.717) is 13.0 Å². The topological polar surface area (TPSA) is 59.0 Å². The average Bonchev–Trinajstić information content (AvgIpc) is 2.85. The minimum Gasteiger partial charge on any atom is -0.497 e. The van der Waals surface area contributed by atoms with Crippen molar-refractivity contribution in [3.8, 4) is 11.5 Å². The zero-order valence-corrected chi connectivity index (χ0v) is 18.3. The Balaban J connectivity index is 1.62. The summed E-state index contributed by atoms with van der Waals surface area (Å²) in [5, 5.41) is 9.89. The van der Waals surface area contributed by atoms with E-state index in [9.17, 15) is 9.90 Å². The van der Waals surface area contributed by atoms with Crippen LogP contribution in [0, 0.1) is 0 Å². The fourth-order valence-electron chi connectivity index (χ4n) is 4.40. The number of aliphatic carboxylic acids is 1. The molecule has 3 aromatic rings. The fraction of sp³-hybridized carbons (Fsp3) is 0.296. The van der Waals surface area contributed by atoms with Gasteiger partial charge in [-0.3, -0.25) is 9.69 Å². The van der Waals surface area contributed by atoms with Crippen LogP contribution >= 0.6 is 0 Å². The van der Waals surface area contributed by atoms with Gasteiger partial charge < -0.3 is 14.6 Å². The summed E-state index contributed by atoms with van der Waals surface area (Å²) in [5.74, 6) is 0.787. The Morgan fingerprint density at radius 3 is 2.47 bits per heavy atom. The van der Waals surface area contributed by atoms with Gasteiger partial charge in [0.1, 0.15) is 24.1 Å². The molecule has 1 N–H and O–H groups in total. The standard InChI is InChI=1S/C27H29NO4/c1-31-24-11-7-10-22(18-24)26(28-17-6-5-12-25(28)27(29)30)21-13-15-23(16-14-21)32-19-20-8-3-2-4-9-20/h2-4,7-11,13-16,18,25-26H,5-6,12,17,19H2,1H3,(H,29,30). The van der Waals surface area contributed by atoms with Crippen LogP contribution < -0.4 is 9.47 Å². The Morgan fingerprint density at radius 2 is 1.75 bits per heavy atom. The summed E-state index contributed by atoms with van der Waals surface area (Å²) in [5.41, 5.74) is 3.18. The number of methoxy groups -OCH3 is 1. The number of piperidine rings is 1. The molecule has 0 aromatic heterocycles. The molecule has 0 aliphatic carbocycles. The van der Waals surface area contributed by atoms with E-state index in [0.717, 1.165) is 47.6 Å². The van der Waals surface area contributed by atoms with E-state index in [1.807, 2.05) is 78.9 Å². The van der Waals surface area contributed by atoms with E-state index in [2.05, 4.69) is 4.90 Å². The lowest BCUT2D eigenvalue weighted by Gasteiger charge is -2.39. The van der Waals surface area contributed by atoms with Crippen LogP contribution in [0.1, 0.15) is 42.0 Å². The van der Waals surface area contributed by atoms with Crippen molar-refractivity contribution in [2.75, 3.05) is 13.7 Å². The summed E-state index contributed by atoms with van der Waals surface area (Å²) in [4.78, 5) is 14.2. The van der Waals surface area contributed by atoms with Crippen molar-refractivity contribution in [3.63, 3.8) is 0 Å². The molecule has 0 radical (unpaired) electrons. The van der Waals surface area contributed by atoms with Crippen LogP contribution in [0.4, 0.5) is 0 Å². The molecule has 4 rings (SSSR count). The Kier molecular flexibility index (Phi) is 7.07. The second kappa shape index (κ2) is 10.3. The average molecular weight is 432 g/mol. The molecule has 1 fully saturated rings. The molecule has 166 valence electrons. The van der Waals surface area contributed by atoms with Crippen LogP contribution in [0.15, 0.2) is 78.9 Å². The number of carboxylic acids is 1. The lowest BCUT2D eigenvalue weighted by atomic mass is 9.91. The molecule has 0 bridgehead atoms. The highest BCUT2D eigenvalue weighted by Gasteiger charge is 2.35. The highest BCUT2D eigenvalue weighted by molar-refractivity contribution is 5.73. The molecular formula is C27H29NO4. The first kappa shape index (κ1) is 21.9. The number of carbonyl (C=O) groups is 1. The summed E-state index contributed by atoms with van der Waals surface area (Å²) in [6.07, 6.45) is 2.58. The molecule has 1 saturated heterocycles. The van der Waals surface area contributed by atoms with Crippen LogP contribution in [0.5, 0.6) is 11.5 Å². The van der Waals surface area contributed by atoms with Gasteiger partial charge in [-0.25, -0.2) is 0 Å². The number of hydrogen-bond donors (Lipinski definition) is 1. The number of likely N-dealkylation sites (tertiary alicyclic amines) is 1. The SMILES string of the molecule is COc1cccc(C(c2ccc(OCc3ccccc3)cc2)N2CCCCC2C(=O)O)c1. The monoisotopic (exact) mass is 431 g/mol. The minimum atomic E-state index is -0.764. The van der Waals surface area contributed by atoms with Crippen molar-refractivity contribution in [1.29, 1.82) is 0 Å². The van der Waals surface area contributed by atoms with E-state index in [1.54, 1.807) is 7.11 Å². The third-order valence-electron chi connectivity index (χ3n) is 6.01. The first-order valence-corrected chi connectivity index (χ1v) is 11.0. The lowest BCUT2D eigenvalue weighted by Crippen LogP contribution is -2.46. The van der Waals surface area contributed by atoms with Gasteiger partial charge in [-0.15, -0.1) is 0 Å². The fourth-order valence-corrected chi connectivity index (χ4v) is 4.40. The van der Waals surface area contributed by atoms with Gasteiger partial charge in [0.15, 0.2) is 0 Å². The van der Waals surface area contributed by atoms with Gasteiger partial charge >= 0.3 is 5.97 Å². The van der Waals surface area contributed by atoms with Crippen LogP contribution in [0.25, 0.3) is 0 Å². The van der Waals surface area contributed by atoms with E-state index >= 15 is 0 Å². The van der Waals surface area contributed by atoms with Crippen molar-refractivity contribution in [2.24, 2.45) is 0 Å². The molecule has 1 aliphatic rings. The van der Waals surface area contributed by atoms with Crippen LogP contribution in [0.3, 0.4) is 0 Å². The van der Waals surface area contributed by atoms with E-state index in [1.165, 1.54) is 0 Å². The smallest absolute Gasteiger partial charge is 0.320 e. The third kappa shape index (κ3) is 5.11. The van der Waals surface area contributed by atoms with Crippen molar-refractivity contribution in [1.82, 2.24) is 4.90 Å². The first-order chi connectivity index (χ1) is 15.7. The molecule has 2 atom stereocenters. The maximum Gasteiger partial charge on any atom is 0.320 e. The van der Waals surface area contributed by atoms with Crippen molar-refractivity contribution in [3.05, 3.63) is 95.6 Å². The molecule has 0 spiro atoms. The molecule has 32 heavy (non-hydrogen) atoms. The van der Waals surface area contributed by atoms with Crippen LogP contribution in [0.2, 0.25) is 0 Å². The summed E-state index contributed by atoms with van der Waals surface area (Å²) >= 11 is 0. The second-order valence-electron chi connectivity index (χ2n) is 8.11. The summed E-state index contributed by atoms with van der Waals surface area (Å²) in [6.45, 7) is 1.25. The Hall–Kier alpha value is -3.31. The Bertz CT molecular complexity index is 1020. The van der Waals surface area contributed by atoms with Gasteiger partial charge in [0.25, 0.3) is 0 Å². The number of rotatable bonds is 8. The maximum absolute atomic E-state index is 12.0. The quantitative estimate of drug-likeness (QED) is 0.524. The Morgan fingerprint density at radius 1 is 0.969 bits per heavy atom. The van der Waals surface area contributed by atoms with Crippen molar-refractivity contribution < 1.29 is 19.4 Å². The number of carboxylic acid groups (broad SMARTS) is 1. The van der Waals surface area contributed by atoms with Crippen molar-refractivity contribution in [2.45, 2.75) is 38.0 Å². The summed E-state index contributed by atoms with van der Waals surface area (Å²) < 4.78 is 11.4. The highest BCUT2D eigenvalue weighted by atomic mass is 16.5. The first-order valence-electron chi connectivity index (χ1n) is 11.0. The summed E-state index contributed by atoms with van der Waals surface area (Å²) in [6, 6.07) is 25.3. The second-order valence-corrected chi connectivity index (χ2v) is 8.11. The molecule has 3 aromatic carbocycles. The van der Waals surface area contributed by atoms with Gasteiger partial charge in [0, 0.05) is 0 Å². The van der Waals surface area contributed by atoms with E-state index < -0.39 is 12.0 Å². The molecule has 0 amide bonds. The zero-order chi connectivity index (χ0) is 22.3. The predicted octanol–water partition coefficient (Wildman–Crippen LogP) is 5.30. The van der Waals surface area contributed by atoms with Gasteiger partial charge in [-0.2, -0.15) is 0 Å². The van der Waals surface area contributed by atoms with E-state index in [-0.39, 0.29) is 6.04 Å². The largest absolute Gasteiger partial charge is 0.497 e. The van der Waals surface area contributed by atoms with Crippen molar-refractivity contribution >= 4 is 5.97 Å². The van der Waals surface area contributed by atoms with Gasteiger partial charge in [0.05, 0.1) is 13.2 Å². The van der Waals surface area contributed by atoms with Crippen LogP contribution in [-0.2, 0) is 11.4 Å². The predicted molar refractivity (Wildman–Crippen MR) is 124 cm³/mol. The minimum absolute atomic E-state index is 0.172. The van der Waals surface area contributed by atoms with E-state index in [4.69, 9.17) is 9.47 Å². The molecule has 2 unspecified atom stereocenters. The normalized spacial score (nSPS) is 17.5. The number of benzene rings is 3. The number of nitrogens with zero attached hydrogens (tertiary/aromatic N) is 1. The molecule has 0 saturated carbocycles.